The van der Waals surface area contributed by atoms with E-state index in [1.807, 2.05) is 0 Å². The van der Waals surface area contributed by atoms with Gasteiger partial charge in [-0.15, -0.1) is 0 Å². The number of carbonyl (C=O) groups is 2. The van der Waals surface area contributed by atoms with E-state index in [9.17, 15) is 18.0 Å². The van der Waals surface area contributed by atoms with E-state index in [2.05, 4.69) is 10.3 Å². The van der Waals surface area contributed by atoms with Crippen LogP contribution in [0.3, 0.4) is 0 Å². The first-order valence-electron chi connectivity index (χ1n) is 10.2. The number of amides is 2. The van der Waals surface area contributed by atoms with Crippen molar-refractivity contribution in [1.29, 1.82) is 0 Å². The predicted molar refractivity (Wildman–Crippen MR) is 123 cm³/mol. The molecule has 2 amide bonds. The number of benzene rings is 1. The smallest absolute Gasteiger partial charge is 0.244 e. The second-order valence-electron chi connectivity index (χ2n) is 7.36. The number of halogens is 2. The van der Waals surface area contributed by atoms with Crippen molar-refractivity contribution >= 4 is 50.7 Å². The van der Waals surface area contributed by atoms with Crippen LogP contribution in [0, 0.1) is 5.92 Å². The van der Waals surface area contributed by atoms with Gasteiger partial charge in [-0.25, -0.2) is 8.42 Å². The minimum atomic E-state index is -3.64. The number of rotatable bonds is 7. The zero-order chi connectivity index (χ0) is 23.3. The number of sulfonamides is 1. The molecule has 8 nitrogen and oxygen atoms in total. The van der Waals surface area contributed by atoms with Crippen LogP contribution in [-0.2, 0) is 19.6 Å². The molecule has 0 atom stereocenters. The molecule has 0 bridgehead atoms. The molecule has 1 aliphatic heterocycles. The monoisotopic (exact) mass is 498 g/mol. The number of anilines is 1. The number of pyridine rings is 1. The molecule has 1 N–H and O–H groups in total. The highest BCUT2D eigenvalue weighted by molar-refractivity contribution is 7.89. The van der Waals surface area contributed by atoms with Crippen LogP contribution in [0.25, 0.3) is 0 Å². The van der Waals surface area contributed by atoms with Crippen molar-refractivity contribution in [3.05, 3.63) is 52.8 Å². The molecule has 1 aliphatic rings. The average molecular weight is 499 g/mol. The molecule has 2 heterocycles. The fourth-order valence-electron chi connectivity index (χ4n) is 3.57. The van der Waals surface area contributed by atoms with Crippen molar-refractivity contribution in [2.75, 3.05) is 31.5 Å². The topological polar surface area (TPSA) is 99.7 Å². The molecular weight excluding hydrogens is 475 g/mol. The number of likely N-dealkylation sites (N-methyl/N-ethyl adjacent to an activating group) is 1. The summed E-state index contributed by atoms with van der Waals surface area (Å²) >= 11 is 12.2. The first kappa shape index (κ1) is 24.4. The van der Waals surface area contributed by atoms with Crippen LogP contribution < -0.4 is 5.32 Å². The molecule has 1 saturated heterocycles. The van der Waals surface area contributed by atoms with Gasteiger partial charge in [0.1, 0.15) is 4.90 Å². The van der Waals surface area contributed by atoms with Gasteiger partial charge in [0.15, 0.2) is 0 Å². The number of hydrogen-bond acceptors (Lipinski definition) is 5. The highest BCUT2D eigenvalue weighted by Crippen LogP contribution is 2.30. The number of hydrogen-bond donors (Lipinski definition) is 1. The van der Waals surface area contributed by atoms with Crippen LogP contribution in [0.15, 0.2) is 47.6 Å². The Hall–Kier alpha value is -2.20. The third-order valence-corrected chi connectivity index (χ3v) is 7.84. The number of piperidine rings is 1. The molecular formula is C21H24Cl2N4O4S. The quantitative estimate of drug-likeness (QED) is 0.631. The standard InChI is InChI=1S/C21H24Cl2N4O4S/c1-2-26(14-19(28)25-20-17(22)6-3-7-18(20)23)21(29)15-8-11-27(12-9-15)32(30,31)16-5-4-10-24-13-16/h3-7,10,13,15H,2,8-9,11-12,14H2,1H3,(H,25,28). The largest absolute Gasteiger partial charge is 0.333 e. The lowest BCUT2D eigenvalue weighted by atomic mass is 9.96. The van der Waals surface area contributed by atoms with Gasteiger partial charge >= 0.3 is 0 Å². The molecule has 0 saturated carbocycles. The second kappa shape index (κ2) is 10.6. The Kier molecular flexibility index (Phi) is 8.10. The average Bonchev–Trinajstić information content (AvgIpc) is 2.80. The minimum Gasteiger partial charge on any atom is -0.333 e. The fourth-order valence-corrected chi connectivity index (χ4v) is 5.49. The molecule has 0 radical (unpaired) electrons. The maximum Gasteiger partial charge on any atom is 0.244 e. The number of carbonyl (C=O) groups excluding carboxylic acids is 2. The molecule has 1 aromatic heterocycles. The first-order valence-corrected chi connectivity index (χ1v) is 12.4. The van der Waals surface area contributed by atoms with E-state index in [0.717, 1.165) is 0 Å². The Morgan fingerprint density at radius 1 is 1.16 bits per heavy atom. The van der Waals surface area contributed by atoms with Gasteiger partial charge in [0.2, 0.25) is 21.8 Å². The Morgan fingerprint density at radius 2 is 1.81 bits per heavy atom. The second-order valence-corrected chi connectivity index (χ2v) is 10.1. The van der Waals surface area contributed by atoms with Gasteiger partial charge < -0.3 is 10.2 Å². The van der Waals surface area contributed by atoms with E-state index >= 15 is 0 Å². The van der Waals surface area contributed by atoms with Crippen LogP contribution in [0.1, 0.15) is 19.8 Å². The third-order valence-electron chi connectivity index (χ3n) is 5.33. The highest BCUT2D eigenvalue weighted by atomic mass is 35.5. The van der Waals surface area contributed by atoms with Crippen molar-refractivity contribution in [2.24, 2.45) is 5.92 Å². The summed E-state index contributed by atoms with van der Waals surface area (Å²) in [6, 6.07) is 7.96. The van der Waals surface area contributed by atoms with Crippen LogP contribution in [0.2, 0.25) is 10.0 Å². The van der Waals surface area contributed by atoms with Gasteiger partial charge in [0.05, 0.1) is 22.3 Å². The lowest BCUT2D eigenvalue weighted by Gasteiger charge is -2.33. The molecule has 32 heavy (non-hydrogen) atoms. The van der Waals surface area contributed by atoms with Gasteiger partial charge in [-0.05, 0) is 44.0 Å². The number of nitrogens with one attached hydrogen (secondary N) is 1. The van der Waals surface area contributed by atoms with E-state index in [4.69, 9.17) is 23.2 Å². The predicted octanol–water partition coefficient (Wildman–Crippen LogP) is 3.28. The molecule has 0 spiro atoms. The zero-order valence-electron chi connectivity index (χ0n) is 17.5. The normalized spacial score (nSPS) is 15.3. The Labute approximate surface area is 197 Å². The summed E-state index contributed by atoms with van der Waals surface area (Å²) in [5.41, 5.74) is 0.304. The number of aromatic nitrogens is 1. The SMILES string of the molecule is CCN(CC(=O)Nc1c(Cl)cccc1Cl)C(=O)C1CCN(S(=O)(=O)c2cccnc2)CC1. The van der Waals surface area contributed by atoms with Crippen LogP contribution in [-0.4, -0.2) is 60.6 Å². The zero-order valence-corrected chi connectivity index (χ0v) is 19.8. The molecule has 1 aromatic carbocycles. The van der Waals surface area contributed by atoms with E-state index < -0.39 is 15.9 Å². The summed E-state index contributed by atoms with van der Waals surface area (Å²) in [6.45, 7) is 2.44. The lowest BCUT2D eigenvalue weighted by molar-refractivity contribution is -0.139. The van der Waals surface area contributed by atoms with Crippen molar-refractivity contribution in [2.45, 2.75) is 24.7 Å². The van der Waals surface area contributed by atoms with Crippen LogP contribution >= 0.6 is 23.2 Å². The van der Waals surface area contributed by atoms with Gasteiger partial charge in [-0.3, -0.25) is 14.6 Å². The third kappa shape index (κ3) is 5.58. The summed E-state index contributed by atoms with van der Waals surface area (Å²) < 4.78 is 26.9. The lowest BCUT2D eigenvalue weighted by Crippen LogP contribution is -2.46. The Morgan fingerprint density at radius 3 is 2.38 bits per heavy atom. The number of para-hydroxylation sites is 1. The molecule has 0 unspecified atom stereocenters. The molecule has 11 heteroatoms. The van der Waals surface area contributed by atoms with E-state index in [1.54, 1.807) is 31.2 Å². The van der Waals surface area contributed by atoms with E-state index in [1.165, 1.54) is 27.7 Å². The Balaban J connectivity index is 1.59. The summed E-state index contributed by atoms with van der Waals surface area (Å²) in [6.07, 6.45) is 3.59. The van der Waals surface area contributed by atoms with Crippen molar-refractivity contribution in [3.63, 3.8) is 0 Å². The molecule has 0 aliphatic carbocycles. The summed E-state index contributed by atoms with van der Waals surface area (Å²) in [7, 11) is -3.64. The van der Waals surface area contributed by atoms with Gasteiger partial charge in [-0.2, -0.15) is 4.31 Å². The maximum absolute atomic E-state index is 13.0. The minimum absolute atomic E-state index is 0.134. The molecule has 1 fully saturated rings. The summed E-state index contributed by atoms with van der Waals surface area (Å²) in [5.74, 6) is -0.940. The highest BCUT2D eigenvalue weighted by Gasteiger charge is 2.34. The van der Waals surface area contributed by atoms with Gasteiger partial charge in [-0.1, -0.05) is 29.3 Å². The fraction of sp³-hybridized carbons (Fsp3) is 0.381. The van der Waals surface area contributed by atoms with Crippen molar-refractivity contribution in [1.82, 2.24) is 14.2 Å². The van der Waals surface area contributed by atoms with E-state index in [-0.39, 0.29) is 36.4 Å². The van der Waals surface area contributed by atoms with Crippen molar-refractivity contribution < 1.29 is 18.0 Å². The van der Waals surface area contributed by atoms with Gasteiger partial charge in [0.25, 0.3) is 0 Å². The molecule has 2 aromatic rings. The summed E-state index contributed by atoms with van der Waals surface area (Å²) in [5, 5.41) is 3.27. The van der Waals surface area contributed by atoms with E-state index in [0.29, 0.717) is 35.1 Å². The van der Waals surface area contributed by atoms with Crippen LogP contribution in [0.5, 0.6) is 0 Å². The van der Waals surface area contributed by atoms with Gasteiger partial charge in [0, 0.05) is 37.9 Å². The summed E-state index contributed by atoms with van der Waals surface area (Å²) in [4.78, 5) is 31.0. The maximum atomic E-state index is 13.0. The Bertz CT molecular complexity index is 1050. The molecule has 172 valence electrons. The first-order chi connectivity index (χ1) is 15.2. The van der Waals surface area contributed by atoms with Crippen molar-refractivity contribution in [3.8, 4) is 0 Å². The molecule has 3 rings (SSSR count). The number of nitrogens with zero attached hydrogens (tertiary/aromatic N) is 3. The van der Waals surface area contributed by atoms with Crippen LogP contribution in [0.4, 0.5) is 5.69 Å².